The number of rotatable bonds is 3. The van der Waals surface area contributed by atoms with Gasteiger partial charge in [-0.3, -0.25) is 14.6 Å². The van der Waals surface area contributed by atoms with Crippen molar-refractivity contribution < 1.29 is 9.59 Å². The molecule has 2 amide bonds. The van der Waals surface area contributed by atoms with E-state index in [0.717, 1.165) is 48.4 Å². The number of thiazole rings is 1. The van der Waals surface area contributed by atoms with Crippen LogP contribution < -0.4 is 5.32 Å². The summed E-state index contributed by atoms with van der Waals surface area (Å²) in [5.74, 6) is 1.19. The Morgan fingerprint density at radius 3 is 2.76 bits per heavy atom. The Morgan fingerprint density at radius 2 is 2.07 bits per heavy atom. The van der Waals surface area contributed by atoms with Crippen LogP contribution in [0.4, 0.5) is 0 Å². The Morgan fingerprint density at radius 1 is 1.28 bits per heavy atom. The zero-order chi connectivity index (χ0) is 19.8. The second-order valence-corrected chi connectivity index (χ2v) is 10.6. The fourth-order valence-electron chi connectivity index (χ4n) is 6.96. The van der Waals surface area contributed by atoms with Gasteiger partial charge in [0.1, 0.15) is 5.69 Å². The standard InChI is InChI=1S/C22H24N4O2S/c1-13-24-18(11-29-13)19(27)25-21-6-14-5-15(7-21)9-22(8-14,12-21)26-10-17-16(20(26)28)3-2-4-23-17/h2-4,11,14-15H,5-10,12H2,1H3,(H,25,27). The highest BCUT2D eigenvalue weighted by Gasteiger charge is 2.61. The van der Waals surface area contributed by atoms with E-state index in [1.165, 1.54) is 17.8 Å². The van der Waals surface area contributed by atoms with E-state index in [-0.39, 0.29) is 22.9 Å². The average molecular weight is 409 g/mol. The molecule has 7 rings (SSSR count). The van der Waals surface area contributed by atoms with Crippen LogP contribution >= 0.6 is 11.3 Å². The molecule has 4 bridgehead atoms. The van der Waals surface area contributed by atoms with Crippen LogP contribution in [0.3, 0.4) is 0 Å². The van der Waals surface area contributed by atoms with Crippen molar-refractivity contribution in [2.45, 2.75) is 63.1 Å². The predicted molar refractivity (Wildman–Crippen MR) is 109 cm³/mol. The number of aromatic nitrogens is 2. The minimum Gasteiger partial charge on any atom is -0.345 e. The van der Waals surface area contributed by atoms with Crippen LogP contribution in [0.1, 0.15) is 70.1 Å². The third-order valence-electron chi connectivity index (χ3n) is 7.51. The van der Waals surface area contributed by atoms with Crippen LogP contribution in [0.2, 0.25) is 0 Å². The number of pyridine rings is 1. The molecule has 2 atom stereocenters. The van der Waals surface area contributed by atoms with Gasteiger partial charge in [0.15, 0.2) is 0 Å². The summed E-state index contributed by atoms with van der Waals surface area (Å²) in [5.41, 5.74) is 1.78. The molecule has 1 aliphatic heterocycles. The van der Waals surface area contributed by atoms with Crippen LogP contribution in [-0.2, 0) is 6.54 Å². The summed E-state index contributed by atoms with van der Waals surface area (Å²) in [6, 6.07) is 3.74. The summed E-state index contributed by atoms with van der Waals surface area (Å²) in [6.07, 6.45) is 7.99. The molecule has 3 heterocycles. The first-order valence-electron chi connectivity index (χ1n) is 10.5. The fraction of sp³-hybridized carbons (Fsp3) is 0.545. The SMILES string of the molecule is Cc1nc(C(=O)NC23CC4CC(C2)CC(N2Cc5ncccc5C2=O)(C4)C3)cs1. The molecule has 2 aromatic rings. The number of nitrogens with one attached hydrogen (secondary N) is 1. The topological polar surface area (TPSA) is 75.2 Å². The average Bonchev–Trinajstić information content (AvgIpc) is 3.25. The number of fused-ring (bicyclic) bond motifs is 1. The first kappa shape index (κ1) is 17.6. The first-order chi connectivity index (χ1) is 14.0. The number of carbonyl (C=O) groups is 2. The lowest BCUT2D eigenvalue weighted by molar-refractivity contribution is -0.0940. The zero-order valence-corrected chi connectivity index (χ0v) is 17.3. The maximum absolute atomic E-state index is 13.3. The summed E-state index contributed by atoms with van der Waals surface area (Å²) in [6.45, 7) is 2.52. The van der Waals surface area contributed by atoms with Crippen LogP contribution in [0.15, 0.2) is 23.7 Å². The molecule has 2 aromatic heterocycles. The van der Waals surface area contributed by atoms with Gasteiger partial charge in [-0.25, -0.2) is 4.98 Å². The monoisotopic (exact) mass is 408 g/mol. The van der Waals surface area contributed by atoms with Crippen molar-refractivity contribution >= 4 is 23.2 Å². The van der Waals surface area contributed by atoms with Gasteiger partial charge in [0.25, 0.3) is 11.8 Å². The summed E-state index contributed by atoms with van der Waals surface area (Å²) < 4.78 is 0. The van der Waals surface area contributed by atoms with Crippen LogP contribution in [0.5, 0.6) is 0 Å². The maximum atomic E-state index is 13.3. The highest BCUT2D eigenvalue weighted by atomic mass is 32.1. The van der Waals surface area contributed by atoms with E-state index in [9.17, 15) is 9.59 Å². The molecule has 6 nitrogen and oxygen atoms in total. The Hall–Kier alpha value is -2.28. The molecule has 1 N–H and O–H groups in total. The second kappa shape index (κ2) is 5.88. The van der Waals surface area contributed by atoms with Gasteiger partial charge < -0.3 is 10.2 Å². The van der Waals surface area contributed by atoms with E-state index < -0.39 is 0 Å². The second-order valence-electron chi connectivity index (χ2n) is 9.56. The van der Waals surface area contributed by atoms with E-state index in [1.807, 2.05) is 24.4 Å². The van der Waals surface area contributed by atoms with Crippen molar-refractivity contribution in [3.05, 3.63) is 45.7 Å². The number of carbonyl (C=O) groups excluding carboxylic acids is 2. The van der Waals surface area contributed by atoms with Gasteiger partial charge in [-0.15, -0.1) is 11.3 Å². The van der Waals surface area contributed by atoms with Gasteiger partial charge in [-0.05, 0) is 69.4 Å². The van der Waals surface area contributed by atoms with Gasteiger partial charge >= 0.3 is 0 Å². The van der Waals surface area contributed by atoms with Crippen molar-refractivity contribution in [2.24, 2.45) is 11.8 Å². The Kier molecular flexibility index (Phi) is 3.56. The molecule has 0 saturated heterocycles. The molecular weight excluding hydrogens is 384 g/mol. The summed E-state index contributed by atoms with van der Waals surface area (Å²) in [4.78, 5) is 37.1. The van der Waals surface area contributed by atoms with Crippen LogP contribution in [-0.4, -0.2) is 37.8 Å². The zero-order valence-electron chi connectivity index (χ0n) is 16.5. The van der Waals surface area contributed by atoms with Gasteiger partial charge in [-0.1, -0.05) is 0 Å². The van der Waals surface area contributed by atoms with E-state index in [0.29, 0.717) is 24.1 Å². The lowest BCUT2D eigenvalue weighted by atomic mass is 9.49. The number of aryl methyl sites for hydroxylation is 1. The molecule has 150 valence electrons. The minimum atomic E-state index is -0.221. The largest absolute Gasteiger partial charge is 0.345 e. The first-order valence-corrected chi connectivity index (χ1v) is 11.3. The van der Waals surface area contributed by atoms with E-state index >= 15 is 0 Å². The molecule has 5 aliphatic rings. The Bertz CT molecular complexity index is 1020. The van der Waals surface area contributed by atoms with Gasteiger partial charge in [-0.2, -0.15) is 0 Å². The lowest BCUT2D eigenvalue weighted by Crippen LogP contribution is -2.69. The highest BCUT2D eigenvalue weighted by molar-refractivity contribution is 7.09. The molecule has 4 aliphatic carbocycles. The minimum absolute atomic E-state index is 0.0656. The smallest absolute Gasteiger partial charge is 0.271 e. The maximum Gasteiger partial charge on any atom is 0.271 e. The highest BCUT2D eigenvalue weighted by Crippen LogP contribution is 2.60. The molecule has 0 spiro atoms. The molecule has 29 heavy (non-hydrogen) atoms. The number of hydrogen-bond donors (Lipinski definition) is 1. The normalized spacial score (nSPS) is 34.5. The molecule has 2 unspecified atom stereocenters. The van der Waals surface area contributed by atoms with E-state index in [4.69, 9.17) is 0 Å². The van der Waals surface area contributed by atoms with Crippen LogP contribution in [0, 0.1) is 18.8 Å². The lowest BCUT2D eigenvalue weighted by Gasteiger charge is -2.64. The predicted octanol–water partition coefficient (Wildman–Crippen LogP) is 3.32. The van der Waals surface area contributed by atoms with Crippen molar-refractivity contribution in [3.63, 3.8) is 0 Å². The summed E-state index contributed by atoms with van der Waals surface area (Å²) >= 11 is 1.51. The number of amides is 2. The van der Waals surface area contributed by atoms with Crippen molar-refractivity contribution in [2.75, 3.05) is 0 Å². The molecule has 0 radical (unpaired) electrons. The molecule has 4 fully saturated rings. The molecule has 4 saturated carbocycles. The molecule has 7 heteroatoms. The van der Waals surface area contributed by atoms with Gasteiger partial charge in [0.2, 0.25) is 0 Å². The molecule has 0 aromatic carbocycles. The van der Waals surface area contributed by atoms with Crippen molar-refractivity contribution in [3.8, 4) is 0 Å². The summed E-state index contributed by atoms with van der Waals surface area (Å²) in [7, 11) is 0. The Labute approximate surface area is 173 Å². The quantitative estimate of drug-likeness (QED) is 0.845. The van der Waals surface area contributed by atoms with Crippen molar-refractivity contribution in [1.29, 1.82) is 0 Å². The summed E-state index contributed by atoms with van der Waals surface area (Å²) in [5, 5.41) is 6.14. The third kappa shape index (κ3) is 2.59. The fourth-order valence-corrected chi connectivity index (χ4v) is 7.55. The third-order valence-corrected chi connectivity index (χ3v) is 8.28. The number of nitrogens with zero attached hydrogens (tertiary/aromatic N) is 3. The number of hydrogen-bond acceptors (Lipinski definition) is 5. The van der Waals surface area contributed by atoms with Crippen LogP contribution in [0.25, 0.3) is 0 Å². The van der Waals surface area contributed by atoms with E-state index in [2.05, 4.69) is 20.2 Å². The van der Waals surface area contributed by atoms with Crippen molar-refractivity contribution in [1.82, 2.24) is 20.2 Å². The van der Waals surface area contributed by atoms with E-state index in [1.54, 1.807) is 6.20 Å². The van der Waals surface area contributed by atoms with Gasteiger partial charge in [0, 0.05) is 22.7 Å². The Balaban J connectivity index is 1.32. The molecular formula is C22H24N4O2S. The van der Waals surface area contributed by atoms with Gasteiger partial charge in [0.05, 0.1) is 22.8 Å².